The first-order valence-electron chi connectivity index (χ1n) is 6.58. The van der Waals surface area contributed by atoms with Gasteiger partial charge in [-0.15, -0.1) is 21.5 Å². The van der Waals surface area contributed by atoms with Crippen molar-refractivity contribution >= 4 is 46.2 Å². The Morgan fingerprint density at radius 2 is 1.79 bits per heavy atom. The van der Waals surface area contributed by atoms with E-state index in [-0.39, 0.29) is 0 Å². The molecule has 2 heterocycles. The maximum Gasteiger partial charge on any atom is 0.416 e. The Bertz CT molecular complexity index is 811. The van der Waals surface area contributed by atoms with Crippen molar-refractivity contribution in [1.29, 1.82) is 0 Å². The summed E-state index contributed by atoms with van der Waals surface area (Å²) in [6.45, 7) is 0. The summed E-state index contributed by atoms with van der Waals surface area (Å²) in [4.78, 5) is 4.48. The van der Waals surface area contributed by atoms with Crippen LogP contribution in [0.3, 0.4) is 0 Å². The molecular weight excluding hydrogens is 395 g/mol. The maximum atomic E-state index is 12.6. The average molecular weight is 406 g/mol. The minimum Gasteiger partial charge on any atom is -0.240 e. The van der Waals surface area contributed by atoms with Crippen LogP contribution in [0, 0.1) is 0 Å². The molecule has 0 bridgehead atoms. The molecule has 0 atom stereocenters. The number of rotatable bonds is 5. The highest BCUT2D eigenvalue weighted by Gasteiger charge is 2.30. The van der Waals surface area contributed by atoms with E-state index in [0.717, 1.165) is 26.5 Å². The summed E-state index contributed by atoms with van der Waals surface area (Å²) in [5.41, 5.74) is 0.907. The minimum atomic E-state index is -4.32. The zero-order valence-corrected chi connectivity index (χ0v) is 15.5. The third-order valence-electron chi connectivity index (χ3n) is 2.92. The van der Waals surface area contributed by atoms with Crippen molar-refractivity contribution in [2.75, 3.05) is 6.26 Å². The second-order valence-electron chi connectivity index (χ2n) is 4.55. The van der Waals surface area contributed by atoms with E-state index in [1.54, 1.807) is 23.5 Å². The molecule has 0 aliphatic rings. The molecule has 0 N–H and O–H groups in total. The van der Waals surface area contributed by atoms with Crippen molar-refractivity contribution in [2.45, 2.75) is 20.6 Å². The van der Waals surface area contributed by atoms with E-state index >= 15 is 0 Å². The summed E-state index contributed by atoms with van der Waals surface area (Å²) in [6, 6.07) is 5.06. The van der Waals surface area contributed by atoms with Gasteiger partial charge in [-0.2, -0.15) is 13.2 Å². The standard InChI is InChI=1S/C14H10F3N3S4/c1-21-12-19-20-13(24-12)23-7-10-6-22-11(18-10)8-2-4-9(5-3-8)14(15,16)17/h2-6H,7H2,1H3. The summed E-state index contributed by atoms with van der Waals surface area (Å²) in [5, 5.41) is 10.7. The lowest BCUT2D eigenvalue weighted by molar-refractivity contribution is -0.137. The molecule has 3 nitrogen and oxygen atoms in total. The number of halogens is 3. The van der Waals surface area contributed by atoms with Crippen molar-refractivity contribution < 1.29 is 13.2 Å². The van der Waals surface area contributed by atoms with Crippen LogP contribution in [0.2, 0.25) is 0 Å². The lowest BCUT2D eigenvalue weighted by Crippen LogP contribution is -2.03. The van der Waals surface area contributed by atoms with Crippen molar-refractivity contribution in [3.63, 3.8) is 0 Å². The summed E-state index contributed by atoms with van der Waals surface area (Å²) in [7, 11) is 0. The van der Waals surface area contributed by atoms with E-state index in [2.05, 4.69) is 15.2 Å². The highest BCUT2D eigenvalue weighted by atomic mass is 32.2. The molecule has 1 aromatic carbocycles. The smallest absolute Gasteiger partial charge is 0.240 e. The molecule has 0 radical (unpaired) electrons. The Hall–Kier alpha value is -1.10. The number of hydrogen-bond donors (Lipinski definition) is 0. The van der Waals surface area contributed by atoms with Crippen LogP contribution < -0.4 is 0 Å². The van der Waals surface area contributed by atoms with Crippen LogP contribution in [0.1, 0.15) is 11.3 Å². The van der Waals surface area contributed by atoms with Crippen LogP contribution in [0.25, 0.3) is 10.6 Å². The van der Waals surface area contributed by atoms with E-state index in [1.165, 1.54) is 34.8 Å². The maximum absolute atomic E-state index is 12.6. The SMILES string of the molecule is CSc1nnc(SCc2csc(-c3ccc(C(F)(F)F)cc3)n2)s1. The van der Waals surface area contributed by atoms with Crippen molar-refractivity contribution in [3.8, 4) is 10.6 Å². The fourth-order valence-corrected chi connectivity index (χ4v) is 5.04. The van der Waals surface area contributed by atoms with Gasteiger partial charge in [0, 0.05) is 16.7 Å². The highest BCUT2D eigenvalue weighted by molar-refractivity contribution is 8.02. The molecular formula is C14H10F3N3S4. The molecule has 0 spiro atoms. The van der Waals surface area contributed by atoms with Gasteiger partial charge in [0.2, 0.25) is 0 Å². The predicted octanol–water partition coefficient (Wildman–Crippen LogP) is 5.69. The molecule has 0 aliphatic heterocycles. The molecule has 24 heavy (non-hydrogen) atoms. The summed E-state index contributed by atoms with van der Waals surface area (Å²) >= 11 is 6.05. The highest BCUT2D eigenvalue weighted by Crippen LogP contribution is 2.33. The number of hydrogen-bond acceptors (Lipinski definition) is 7. The van der Waals surface area contributed by atoms with Crippen molar-refractivity contribution in [1.82, 2.24) is 15.2 Å². The van der Waals surface area contributed by atoms with Gasteiger partial charge in [0.25, 0.3) is 0 Å². The van der Waals surface area contributed by atoms with Crippen molar-refractivity contribution in [3.05, 3.63) is 40.9 Å². The zero-order valence-electron chi connectivity index (χ0n) is 12.2. The lowest BCUT2D eigenvalue weighted by atomic mass is 10.1. The van der Waals surface area contributed by atoms with Gasteiger partial charge in [-0.3, -0.25) is 0 Å². The number of alkyl halides is 3. The lowest BCUT2D eigenvalue weighted by Gasteiger charge is -2.06. The number of benzene rings is 1. The van der Waals surface area contributed by atoms with Crippen LogP contribution in [-0.4, -0.2) is 21.4 Å². The molecule has 0 amide bonds. The largest absolute Gasteiger partial charge is 0.416 e. The fraction of sp³-hybridized carbons (Fsp3) is 0.214. The van der Waals surface area contributed by atoms with Crippen LogP contribution >= 0.6 is 46.2 Å². The summed E-state index contributed by atoms with van der Waals surface area (Å²) in [5.74, 6) is 0.653. The molecule has 0 fully saturated rings. The zero-order chi connectivity index (χ0) is 17.2. The van der Waals surface area contributed by atoms with Gasteiger partial charge in [-0.05, 0) is 18.4 Å². The molecule has 126 valence electrons. The molecule has 10 heteroatoms. The molecule has 0 unspecified atom stereocenters. The van der Waals surface area contributed by atoms with Crippen LogP contribution in [0.5, 0.6) is 0 Å². The fourth-order valence-electron chi connectivity index (χ4n) is 1.78. The summed E-state index contributed by atoms with van der Waals surface area (Å²) < 4.78 is 39.6. The Morgan fingerprint density at radius 3 is 2.42 bits per heavy atom. The molecule has 0 aliphatic carbocycles. The normalized spacial score (nSPS) is 11.8. The van der Waals surface area contributed by atoms with Crippen LogP contribution in [-0.2, 0) is 11.9 Å². The van der Waals surface area contributed by atoms with E-state index < -0.39 is 11.7 Å². The molecule has 3 aromatic rings. The Morgan fingerprint density at radius 1 is 1.08 bits per heavy atom. The molecule has 3 rings (SSSR count). The summed E-state index contributed by atoms with van der Waals surface area (Å²) in [6.07, 6.45) is -2.37. The second kappa shape index (κ2) is 7.42. The Kier molecular flexibility index (Phi) is 5.48. The van der Waals surface area contributed by atoms with Gasteiger partial charge in [0.05, 0.1) is 11.3 Å². The third kappa shape index (κ3) is 4.29. The predicted molar refractivity (Wildman–Crippen MR) is 93.8 cm³/mol. The molecule has 0 saturated heterocycles. The van der Waals surface area contributed by atoms with Crippen LogP contribution in [0.15, 0.2) is 38.3 Å². The molecule has 2 aromatic heterocycles. The number of thiazole rings is 1. The third-order valence-corrected chi connectivity index (χ3v) is 6.92. The van der Waals surface area contributed by atoms with Gasteiger partial charge < -0.3 is 0 Å². The van der Waals surface area contributed by atoms with E-state index in [0.29, 0.717) is 16.3 Å². The second-order valence-corrected chi connectivity index (χ2v) is 8.66. The van der Waals surface area contributed by atoms with Gasteiger partial charge in [0.1, 0.15) is 5.01 Å². The first kappa shape index (κ1) is 17.7. The number of nitrogens with zero attached hydrogens (tertiary/aromatic N) is 3. The first-order valence-corrected chi connectivity index (χ1v) is 10.5. The van der Waals surface area contributed by atoms with E-state index in [4.69, 9.17) is 0 Å². The van der Waals surface area contributed by atoms with E-state index in [1.807, 2.05) is 11.6 Å². The van der Waals surface area contributed by atoms with Gasteiger partial charge in [-0.1, -0.05) is 47.0 Å². The Balaban J connectivity index is 1.66. The topological polar surface area (TPSA) is 38.7 Å². The van der Waals surface area contributed by atoms with Gasteiger partial charge in [-0.25, -0.2) is 4.98 Å². The van der Waals surface area contributed by atoms with Crippen molar-refractivity contribution in [2.24, 2.45) is 0 Å². The first-order chi connectivity index (χ1) is 11.5. The van der Waals surface area contributed by atoms with Gasteiger partial charge >= 0.3 is 6.18 Å². The average Bonchev–Trinajstić information content (AvgIpc) is 3.21. The Labute approximate surface area is 152 Å². The van der Waals surface area contributed by atoms with Crippen LogP contribution in [0.4, 0.5) is 13.2 Å². The monoisotopic (exact) mass is 405 g/mol. The number of thioether (sulfide) groups is 2. The van der Waals surface area contributed by atoms with E-state index in [9.17, 15) is 13.2 Å². The number of aromatic nitrogens is 3. The quantitative estimate of drug-likeness (QED) is 0.510. The minimum absolute atomic E-state index is 0.653. The van der Waals surface area contributed by atoms with Gasteiger partial charge in [0.15, 0.2) is 8.68 Å². The molecule has 0 saturated carbocycles.